The van der Waals surface area contributed by atoms with Gasteiger partial charge in [-0.1, -0.05) is 12.1 Å². The molecule has 0 radical (unpaired) electrons. The fraction of sp³-hybridized carbons (Fsp3) is 0.357. The maximum Gasteiger partial charge on any atom is 0.166 e. The molecule has 2 aromatic rings. The quantitative estimate of drug-likeness (QED) is 0.863. The minimum Gasteiger partial charge on any atom is -0.493 e. The van der Waals surface area contributed by atoms with Crippen molar-refractivity contribution in [2.75, 3.05) is 7.11 Å². The molecule has 0 aliphatic rings. The summed E-state index contributed by atoms with van der Waals surface area (Å²) >= 11 is 0. The fourth-order valence-electron chi connectivity index (χ4n) is 1.86. The minimum absolute atomic E-state index is 0.417. The third-order valence-corrected chi connectivity index (χ3v) is 2.89. The molecule has 5 heteroatoms. The Morgan fingerprint density at radius 3 is 2.84 bits per heavy atom. The Morgan fingerprint density at radius 2 is 2.21 bits per heavy atom. The molecule has 0 aliphatic heterocycles. The summed E-state index contributed by atoms with van der Waals surface area (Å²) in [6.45, 7) is 3.77. The Balaban J connectivity index is 2.13. The first-order chi connectivity index (χ1) is 9.28. The van der Waals surface area contributed by atoms with Gasteiger partial charge in [0.2, 0.25) is 0 Å². The Kier molecular flexibility index (Phi) is 4.41. The van der Waals surface area contributed by atoms with Crippen LogP contribution in [0.3, 0.4) is 0 Å². The molecule has 0 aliphatic carbocycles. The van der Waals surface area contributed by atoms with Gasteiger partial charge in [0.05, 0.1) is 13.3 Å². The Bertz CT molecular complexity index is 515. The molecule has 0 fully saturated rings. The standard InChI is InChI=1S/C14H19N3O2/c1-3-17-9-11(8-16-17)10-19-14-12(7-15)5-4-6-13(14)18-2/h4-6,8-9H,3,7,10,15H2,1-2H3. The van der Waals surface area contributed by atoms with Crippen LogP contribution in [0, 0.1) is 0 Å². The molecule has 0 bridgehead atoms. The SMILES string of the molecule is CCn1cc(COc2c(CN)cccc2OC)cn1. The van der Waals surface area contributed by atoms with E-state index in [1.165, 1.54) is 0 Å². The molecule has 1 aromatic heterocycles. The van der Waals surface area contributed by atoms with Crippen LogP contribution in [0.1, 0.15) is 18.1 Å². The number of nitrogens with zero attached hydrogens (tertiary/aromatic N) is 2. The molecule has 1 heterocycles. The highest BCUT2D eigenvalue weighted by atomic mass is 16.5. The van der Waals surface area contributed by atoms with Gasteiger partial charge in [-0.3, -0.25) is 4.68 Å². The van der Waals surface area contributed by atoms with E-state index in [1.807, 2.05) is 36.0 Å². The maximum absolute atomic E-state index is 5.84. The molecular weight excluding hydrogens is 242 g/mol. The third-order valence-electron chi connectivity index (χ3n) is 2.89. The lowest BCUT2D eigenvalue weighted by atomic mass is 10.2. The van der Waals surface area contributed by atoms with Crippen molar-refractivity contribution in [1.82, 2.24) is 9.78 Å². The van der Waals surface area contributed by atoms with Crippen molar-refractivity contribution >= 4 is 0 Å². The van der Waals surface area contributed by atoms with Gasteiger partial charge in [0, 0.05) is 30.4 Å². The van der Waals surface area contributed by atoms with Crippen molar-refractivity contribution in [3.8, 4) is 11.5 Å². The van der Waals surface area contributed by atoms with Crippen molar-refractivity contribution in [3.63, 3.8) is 0 Å². The van der Waals surface area contributed by atoms with E-state index in [2.05, 4.69) is 5.10 Å². The molecule has 19 heavy (non-hydrogen) atoms. The second-order valence-corrected chi connectivity index (χ2v) is 4.15. The van der Waals surface area contributed by atoms with Gasteiger partial charge < -0.3 is 15.2 Å². The highest BCUT2D eigenvalue weighted by Gasteiger charge is 2.10. The first-order valence-corrected chi connectivity index (χ1v) is 6.28. The summed E-state index contributed by atoms with van der Waals surface area (Å²) in [6.07, 6.45) is 3.78. The van der Waals surface area contributed by atoms with Crippen LogP contribution in [0.25, 0.3) is 0 Å². The number of hydrogen-bond donors (Lipinski definition) is 1. The lowest BCUT2D eigenvalue weighted by Crippen LogP contribution is -2.04. The number of aryl methyl sites for hydroxylation is 1. The molecule has 2 N–H and O–H groups in total. The zero-order valence-corrected chi connectivity index (χ0v) is 11.3. The first-order valence-electron chi connectivity index (χ1n) is 6.28. The second-order valence-electron chi connectivity index (χ2n) is 4.15. The number of aromatic nitrogens is 2. The number of nitrogens with two attached hydrogens (primary N) is 1. The van der Waals surface area contributed by atoms with E-state index >= 15 is 0 Å². The van der Waals surface area contributed by atoms with Crippen molar-refractivity contribution in [1.29, 1.82) is 0 Å². The van der Waals surface area contributed by atoms with Gasteiger partial charge in [-0.25, -0.2) is 0 Å². The smallest absolute Gasteiger partial charge is 0.166 e. The highest BCUT2D eigenvalue weighted by Crippen LogP contribution is 2.31. The number of hydrogen-bond acceptors (Lipinski definition) is 4. The number of methoxy groups -OCH3 is 1. The Morgan fingerprint density at radius 1 is 1.37 bits per heavy atom. The van der Waals surface area contributed by atoms with E-state index in [-0.39, 0.29) is 0 Å². The fourth-order valence-corrected chi connectivity index (χ4v) is 1.86. The van der Waals surface area contributed by atoms with Crippen LogP contribution in [0.4, 0.5) is 0 Å². The summed E-state index contributed by atoms with van der Waals surface area (Å²) in [5.74, 6) is 1.41. The van der Waals surface area contributed by atoms with Gasteiger partial charge in [-0.2, -0.15) is 5.10 Å². The van der Waals surface area contributed by atoms with E-state index in [9.17, 15) is 0 Å². The molecule has 0 saturated carbocycles. The molecule has 0 atom stereocenters. The van der Waals surface area contributed by atoms with Crippen molar-refractivity contribution in [3.05, 3.63) is 41.7 Å². The molecule has 0 spiro atoms. The van der Waals surface area contributed by atoms with E-state index in [4.69, 9.17) is 15.2 Å². The van der Waals surface area contributed by atoms with Crippen LogP contribution < -0.4 is 15.2 Å². The van der Waals surface area contributed by atoms with Gasteiger partial charge in [-0.15, -0.1) is 0 Å². The van der Waals surface area contributed by atoms with Crippen molar-refractivity contribution in [2.24, 2.45) is 5.73 Å². The topological polar surface area (TPSA) is 62.3 Å². The summed E-state index contributed by atoms with van der Waals surface area (Å²) in [4.78, 5) is 0. The second kappa shape index (κ2) is 6.24. The number of rotatable bonds is 6. The molecule has 2 rings (SSSR count). The summed E-state index contributed by atoms with van der Waals surface area (Å²) in [6, 6.07) is 5.71. The summed E-state index contributed by atoms with van der Waals surface area (Å²) in [5, 5.41) is 4.21. The van der Waals surface area contributed by atoms with Gasteiger partial charge in [0.25, 0.3) is 0 Å². The van der Waals surface area contributed by atoms with E-state index in [0.29, 0.717) is 24.7 Å². The number of ether oxygens (including phenoxy) is 2. The average Bonchev–Trinajstić information content (AvgIpc) is 2.92. The van der Waals surface area contributed by atoms with Crippen molar-refractivity contribution in [2.45, 2.75) is 26.6 Å². The van der Waals surface area contributed by atoms with Crippen LogP contribution in [0.15, 0.2) is 30.6 Å². The van der Waals surface area contributed by atoms with Gasteiger partial charge in [0.1, 0.15) is 6.61 Å². The lowest BCUT2D eigenvalue weighted by molar-refractivity contribution is 0.281. The predicted octanol–water partition coefficient (Wildman–Crippen LogP) is 1.95. The molecule has 5 nitrogen and oxygen atoms in total. The normalized spacial score (nSPS) is 10.5. The molecule has 102 valence electrons. The zero-order valence-electron chi connectivity index (χ0n) is 11.3. The molecule has 0 unspecified atom stereocenters. The summed E-state index contributed by atoms with van der Waals surface area (Å²) in [7, 11) is 1.62. The van der Waals surface area contributed by atoms with E-state index < -0.39 is 0 Å². The van der Waals surface area contributed by atoms with Crippen molar-refractivity contribution < 1.29 is 9.47 Å². The molecular formula is C14H19N3O2. The average molecular weight is 261 g/mol. The highest BCUT2D eigenvalue weighted by molar-refractivity contribution is 5.46. The largest absolute Gasteiger partial charge is 0.493 e. The van der Waals surface area contributed by atoms with E-state index in [1.54, 1.807) is 13.3 Å². The zero-order chi connectivity index (χ0) is 13.7. The van der Waals surface area contributed by atoms with Gasteiger partial charge in [-0.05, 0) is 13.0 Å². The van der Waals surface area contributed by atoms with Crippen LogP contribution in [0.5, 0.6) is 11.5 Å². The van der Waals surface area contributed by atoms with Crippen LogP contribution >= 0.6 is 0 Å². The third kappa shape index (κ3) is 3.06. The van der Waals surface area contributed by atoms with Crippen LogP contribution in [-0.2, 0) is 19.7 Å². The molecule has 0 saturated heterocycles. The monoisotopic (exact) mass is 261 g/mol. The number of benzene rings is 1. The van der Waals surface area contributed by atoms with Gasteiger partial charge >= 0.3 is 0 Å². The molecule has 0 amide bonds. The predicted molar refractivity (Wildman–Crippen MR) is 73.1 cm³/mol. The van der Waals surface area contributed by atoms with E-state index in [0.717, 1.165) is 17.7 Å². The maximum atomic E-state index is 5.84. The van der Waals surface area contributed by atoms with Crippen LogP contribution in [0.2, 0.25) is 0 Å². The lowest BCUT2D eigenvalue weighted by Gasteiger charge is -2.13. The molecule has 1 aromatic carbocycles. The van der Waals surface area contributed by atoms with Gasteiger partial charge in [0.15, 0.2) is 11.5 Å². The first kappa shape index (κ1) is 13.4. The number of para-hydroxylation sites is 1. The minimum atomic E-state index is 0.417. The summed E-state index contributed by atoms with van der Waals surface area (Å²) in [5.41, 5.74) is 7.67. The van der Waals surface area contributed by atoms with Crippen LogP contribution in [-0.4, -0.2) is 16.9 Å². The Hall–Kier alpha value is -2.01. The summed E-state index contributed by atoms with van der Waals surface area (Å²) < 4.78 is 13.0. The Labute approximate surface area is 112 Å².